The minimum absolute atomic E-state index is 1.14. The first kappa shape index (κ1) is 24.6. The lowest BCUT2D eigenvalue weighted by atomic mass is 10.00. The summed E-state index contributed by atoms with van der Waals surface area (Å²) >= 11 is 3.84. The third-order valence-electron chi connectivity index (χ3n) is 8.44. The number of fused-ring (bicyclic) bond motifs is 10. The van der Waals surface area contributed by atoms with Crippen LogP contribution < -0.4 is 4.90 Å². The maximum Gasteiger partial charge on any atom is 0.0476 e. The zero-order valence-electron chi connectivity index (χ0n) is 23.2. The third kappa shape index (κ3) is 3.90. The number of hydrogen-bond donors (Lipinski definition) is 0. The fourth-order valence-electron chi connectivity index (χ4n) is 6.49. The van der Waals surface area contributed by atoms with Crippen molar-refractivity contribution in [3.05, 3.63) is 152 Å². The van der Waals surface area contributed by atoms with Crippen LogP contribution in [0.25, 0.3) is 62.2 Å². The summed E-state index contributed by atoms with van der Waals surface area (Å²) in [5.74, 6) is 0. The number of nitrogens with zero attached hydrogens (tertiary/aromatic N) is 1. The molecule has 0 saturated heterocycles. The zero-order chi connectivity index (χ0) is 28.3. The van der Waals surface area contributed by atoms with Crippen LogP contribution in [-0.2, 0) is 0 Å². The third-order valence-corrected chi connectivity index (χ3v) is 10.8. The lowest BCUT2D eigenvalue weighted by Crippen LogP contribution is -2.09. The highest BCUT2D eigenvalue weighted by Crippen LogP contribution is 2.50. The van der Waals surface area contributed by atoms with Gasteiger partial charge >= 0.3 is 0 Å². The molecule has 2 heterocycles. The van der Waals surface area contributed by atoms with Crippen LogP contribution in [0.4, 0.5) is 17.1 Å². The van der Waals surface area contributed by atoms with Crippen molar-refractivity contribution in [3.63, 3.8) is 0 Å². The van der Waals surface area contributed by atoms with Gasteiger partial charge in [-0.2, -0.15) is 0 Å². The highest BCUT2D eigenvalue weighted by Gasteiger charge is 2.20. The van der Waals surface area contributed by atoms with Crippen molar-refractivity contribution in [1.29, 1.82) is 0 Å². The molecular weight excluding hydrogens is 559 g/mol. The number of hydrogen-bond acceptors (Lipinski definition) is 3. The van der Waals surface area contributed by atoms with E-state index in [9.17, 15) is 0 Å². The highest BCUT2D eigenvalue weighted by molar-refractivity contribution is 7.30. The van der Waals surface area contributed by atoms with Crippen LogP contribution in [0, 0.1) is 0 Å². The Labute approximate surface area is 257 Å². The Balaban J connectivity index is 1.27. The molecule has 0 aliphatic heterocycles. The molecule has 0 radical (unpaired) electrons. The smallest absolute Gasteiger partial charge is 0.0476 e. The van der Waals surface area contributed by atoms with Gasteiger partial charge in [-0.3, -0.25) is 0 Å². The van der Waals surface area contributed by atoms with Gasteiger partial charge < -0.3 is 4.90 Å². The Morgan fingerprint density at radius 3 is 1.70 bits per heavy atom. The van der Waals surface area contributed by atoms with Gasteiger partial charge in [0.05, 0.1) is 0 Å². The van der Waals surface area contributed by atoms with E-state index in [0.717, 1.165) is 17.1 Å². The van der Waals surface area contributed by atoms with Gasteiger partial charge in [0, 0.05) is 62.8 Å². The van der Waals surface area contributed by atoms with E-state index in [2.05, 4.69) is 157 Å². The summed E-state index contributed by atoms with van der Waals surface area (Å²) in [4.78, 5) is 2.37. The van der Waals surface area contributed by atoms with E-state index < -0.39 is 0 Å². The normalized spacial score (nSPS) is 11.7. The molecule has 0 atom stereocenters. The van der Waals surface area contributed by atoms with Crippen LogP contribution in [0.1, 0.15) is 0 Å². The van der Waals surface area contributed by atoms with Crippen LogP contribution in [0.5, 0.6) is 0 Å². The van der Waals surface area contributed by atoms with Crippen LogP contribution in [0.3, 0.4) is 0 Å². The summed E-state index contributed by atoms with van der Waals surface area (Å²) in [6.07, 6.45) is 0. The van der Waals surface area contributed by atoms with Crippen LogP contribution in [0.15, 0.2) is 152 Å². The molecule has 0 fully saturated rings. The van der Waals surface area contributed by atoms with Crippen molar-refractivity contribution in [2.24, 2.45) is 0 Å². The molecule has 0 aliphatic carbocycles. The average molecular weight is 584 g/mol. The van der Waals surface area contributed by atoms with E-state index in [1.807, 2.05) is 22.7 Å². The number of thiophene rings is 2. The number of para-hydroxylation sites is 1. The first-order valence-electron chi connectivity index (χ1n) is 14.5. The summed E-state index contributed by atoms with van der Waals surface area (Å²) in [6, 6.07) is 55.0. The summed E-state index contributed by atoms with van der Waals surface area (Å²) < 4.78 is 5.43. The fraction of sp³-hybridized carbons (Fsp3) is 0. The first-order chi connectivity index (χ1) is 21.3. The molecule has 3 heteroatoms. The van der Waals surface area contributed by atoms with Gasteiger partial charge in [-0.25, -0.2) is 0 Å². The number of anilines is 3. The zero-order valence-corrected chi connectivity index (χ0v) is 24.8. The minimum atomic E-state index is 1.14. The maximum atomic E-state index is 2.38. The number of benzene rings is 7. The van der Waals surface area contributed by atoms with Gasteiger partial charge in [0.15, 0.2) is 0 Å². The summed E-state index contributed by atoms with van der Waals surface area (Å²) in [5, 5.41) is 8.15. The molecule has 0 amide bonds. The molecule has 7 aromatic carbocycles. The van der Waals surface area contributed by atoms with E-state index in [-0.39, 0.29) is 0 Å². The van der Waals surface area contributed by atoms with E-state index in [1.54, 1.807) is 0 Å². The molecule has 0 unspecified atom stereocenters. The second-order valence-electron chi connectivity index (χ2n) is 10.9. The van der Waals surface area contributed by atoms with Gasteiger partial charge in [-0.1, -0.05) is 109 Å². The molecule has 2 aromatic heterocycles. The Kier molecular flexibility index (Phi) is 5.62. The molecule has 9 aromatic rings. The molecule has 9 rings (SSSR count). The lowest BCUT2D eigenvalue weighted by molar-refractivity contribution is 1.29. The average Bonchev–Trinajstić information content (AvgIpc) is 3.65. The van der Waals surface area contributed by atoms with Gasteiger partial charge in [0.1, 0.15) is 0 Å². The molecule has 43 heavy (non-hydrogen) atoms. The van der Waals surface area contributed by atoms with Gasteiger partial charge in [-0.05, 0) is 59.0 Å². The molecule has 0 aliphatic rings. The van der Waals surface area contributed by atoms with Gasteiger partial charge in [-0.15, -0.1) is 22.7 Å². The van der Waals surface area contributed by atoms with Gasteiger partial charge in [0.25, 0.3) is 0 Å². The summed E-state index contributed by atoms with van der Waals surface area (Å²) in [5.41, 5.74) is 5.90. The SMILES string of the molecule is c1ccc(-c2ccc(N(c3ccccc3)c3ccc4c(c3)sc3c5ccccc5c5c6ccccc6sc5c43)cc2)cc1. The maximum absolute atomic E-state index is 2.38. The molecular formula is C40H25NS2. The van der Waals surface area contributed by atoms with Crippen molar-refractivity contribution in [3.8, 4) is 11.1 Å². The van der Waals surface area contributed by atoms with Crippen LogP contribution in [0.2, 0.25) is 0 Å². The minimum Gasteiger partial charge on any atom is -0.310 e. The van der Waals surface area contributed by atoms with E-state index >= 15 is 0 Å². The number of rotatable bonds is 4. The standard InChI is InChI=1S/C40H25NS2/c1-3-11-26(12-4-1)27-19-21-29(22-20-27)41(28-13-5-2-6-14-28)30-23-24-34-36(25-30)43-39-32-16-8-7-15-31(32)37-33-17-9-10-18-35(33)42-40(37)38(34)39/h1-25H. The molecule has 202 valence electrons. The molecule has 0 saturated carbocycles. The summed E-state index contributed by atoms with van der Waals surface area (Å²) in [7, 11) is 0. The topological polar surface area (TPSA) is 3.24 Å². The molecule has 0 spiro atoms. The second kappa shape index (κ2) is 9.81. The summed E-state index contributed by atoms with van der Waals surface area (Å²) in [6.45, 7) is 0. The van der Waals surface area contributed by atoms with Crippen molar-refractivity contribution >= 4 is 90.9 Å². The fourth-order valence-corrected chi connectivity index (χ4v) is 9.11. The van der Waals surface area contributed by atoms with Crippen molar-refractivity contribution in [2.45, 2.75) is 0 Å². The lowest BCUT2D eigenvalue weighted by Gasteiger charge is -2.25. The monoisotopic (exact) mass is 583 g/mol. The predicted molar refractivity (Wildman–Crippen MR) is 190 cm³/mol. The van der Waals surface area contributed by atoms with Crippen LogP contribution in [-0.4, -0.2) is 0 Å². The predicted octanol–water partition coefficient (Wildman–Crippen LogP) is 12.7. The second-order valence-corrected chi connectivity index (χ2v) is 13.0. The van der Waals surface area contributed by atoms with Gasteiger partial charge in [0.2, 0.25) is 0 Å². The van der Waals surface area contributed by atoms with Crippen LogP contribution >= 0.6 is 22.7 Å². The largest absolute Gasteiger partial charge is 0.310 e. The van der Waals surface area contributed by atoms with Crippen molar-refractivity contribution in [1.82, 2.24) is 0 Å². The van der Waals surface area contributed by atoms with E-state index in [1.165, 1.54) is 62.2 Å². The first-order valence-corrected chi connectivity index (χ1v) is 16.2. The Morgan fingerprint density at radius 2 is 0.907 bits per heavy atom. The Morgan fingerprint density at radius 1 is 0.349 bits per heavy atom. The van der Waals surface area contributed by atoms with Crippen molar-refractivity contribution < 1.29 is 0 Å². The molecule has 1 nitrogen and oxygen atoms in total. The quantitative estimate of drug-likeness (QED) is 0.199. The molecule has 0 N–H and O–H groups in total. The highest BCUT2D eigenvalue weighted by atomic mass is 32.1. The Bertz CT molecular complexity index is 2440. The Hall–Kier alpha value is -4.96. The van der Waals surface area contributed by atoms with Crippen molar-refractivity contribution in [2.75, 3.05) is 4.90 Å². The molecule has 0 bridgehead atoms. The van der Waals surface area contributed by atoms with E-state index in [4.69, 9.17) is 0 Å². The van der Waals surface area contributed by atoms with E-state index in [0.29, 0.717) is 0 Å².